The van der Waals surface area contributed by atoms with Crippen molar-refractivity contribution in [2.75, 3.05) is 5.32 Å². The Labute approximate surface area is 165 Å². The molecule has 5 nitrogen and oxygen atoms in total. The van der Waals surface area contributed by atoms with E-state index in [0.29, 0.717) is 22.7 Å². The molecule has 2 amide bonds. The average molecular weight is 396 g/mol. The predicted molar refractivity (Wildman–Crippen MR) is 110 cm³/mol. The summed E-state index contributed by atoms with van der Waals surface area (Å²) in [5, 5.41) is 9.24. The van der Waals surface area contributed by atoms with E-state index >= 15 is 0 Å². The lowest BCUT2D eigenvalue weighted by Crippen LogP contribution is -2.36. The fraction of sp³-hybridized carbons (Fsp3) is 0.526. The summed E-state index contributed by atoms with van der Waals surface area (Å²) in [5.74, 6) is -0.294. The van der Waals surface area contributed by atoms with E-state index in [1.54, 1.807) is 18.2 Å². The molecule has 0 saturated heterocycles. The second-order valence-electron chi connectivity index (χ2n) is 6.61. The molecule has 0 unspecified atom stereocenters. The van der Waals surface area contributed by atoms with Crippen molar-refractivity contribution in [1.29, 1.82) is 0 Å². The molecular weight excluding hydrogens is 370 g/mol. The number of unbranched alkanes of at least 4 members (excludes halogenated alkanes) is 1. The van der Waals surface area contributed by atoms with E-state index in [1.807, 2.05) is 6.92 Å². The number of amides is 2. The zero-order chi connectivity index (χ0) is 18.9. The summed E-state index contributed by atoms with van der Waals surface area (Å²) in [6.07, 6.45) is 7.75. The fourth-order valence-electron chi connectivity index (χ4n) is 2.98. The molecule has 0 radical (unpaired) electrons. The molecule has 0 atom stereocenters. The number of thiocarbonyl (C=S) groups is 1. The van der Waals surface area contributed by atoms with Crippen LogP contribution in [0.5, 0.6) is 0 Å². The molecule has 0 bridgehead atoms. The Kier molecular flexibility index (Phi) is 8.32. The van der Waals surface area contributed by atoms with Gasteiger partial charge in [0.15, 0.2) is 5.11 Å². The molecule has 1 saturated carbocycles. The van der Waals surface area contributed by atoms with Crippen LogP contribution in [0.3, 0.4) is 0 Å². The number of benzene rings is 1. The van der Waals surface area contributed by atoms with Crippen LogP contribution in [0.4, 0.5) is 5.69 Å². The molecule has 0 heterocycles. The molecule has 0 aliphatic heterocycles. The van der Waals surface area contributed by atoms with Crippen molar-refractivity contribution in [3.8, 4) is 0 Å². The minimum Gasteiger partial charge on any atom is -0.349 e. The summed E-state index contributed by atoms with van der Waals surface area (Å²) in [4.78, 5) is 24.3. The van der Waals surface area contributed by atoms with Crippen molar-refractivity contribution in [2.24, 2.45) is 0 Å². The Bertz CT molecular complexity index is 660. The highest BCUT2D eigenvalue weighted by molar-refractivity contribution is 7.80. The first kappa shape index (κ1) is 20.6. The van der Waals surface area contributed by atoms with E-state index in [0.717, 1.165) is 38.5 Å². The van der Waals surface area contributed by atoms with E-state index in [9.17, 15) is 9.59 Å². The lowest BCUT2D eigenvalue weighted by atomic mass is 9.95. The van der Waals surface area contributed by atoms with Crippen LogP contribution in [-0.2, 0) is 4.79 Å². The highest BCUT2D eigenvalue weighted by Gasteiger charge is 2.18. The molecule has 0 spiro atoms. The molecule has 26 heavy (non-hydrogen) atoms. The van der Waals surface area contributed by atoms with Gasteiger partial charge in [-0.2, -0.15) is 0 Å². The molecule has 1 aliphatic rings. The van der Waals surface area contributed by atoms with Crippen LogP contribution in [0.1, 0.15) is 68.6 Å². The molecule has 1 aromatic carbocycles. The van der Waals surface area contributed by atoms with Crippen LogP contribution in [0, 0.1) is 0 Å². The first-order valence-electron chi connectivity index (χ1n) is 9.21. The molecule has 1 aromatic rings. The topological polar surface area (TPSA) is 70.2 Å². The second-order valence-corrected chi connectivity index (χ2v) is 7.42. The zero-order valence-corrected chi connectivity index (χ0v) is 16.6. The Morgan fingerprint density at radius 3 is 2.65 bits per heavy atom. The minimum atomic E-state index is -0.177. The molecule has 7 heteroatoms. The maximum Gasteiger partial charge on any atom is 0.253 e. The minimum absolute atomic E-state index is 0.117. The number of carbonyl (C=O) groups excluding carboxylic acids is 2. The number of rotatable bonds is 6. The van der Waals surface area contributed by atoms with Crippen molar-refractivity contribution in [3.63, 3.8) is 0 Å². The van der Waals surface area contributed by atoms with E-state index in [1.165, 1.54) is 6.42 Å². The number of nitrogens with one attached hydrogen (secondary N) is 3. The van der Waals surface area contributed by atoms with Gasteiger partial charge in [-0.05, 0) is 49.7 Å². The van der Waals surface area contributed by atoms with Crippen LogP contribution in [0.15, 0.2) is 18.2 Å². The number of hydrogen-bond donors (Lipinski definition) is 3. The van der Waals surface area contributed by atoms with Gasteiger partial charge in [-0.15, -0.1) is 0 Å². The first-order valence-corrected chi connectivity index (χ1v) is 9.99. The molecule has 0 aromatic heterocycles. The molecule has 1 aliphatic carbocycles. The van der Waals surface area contributed by atoms with Crippen molar-refractivity contribution < 1.29 is 9.59 Å². The van der Waals surface area contributed by atoms with Crippen LogP contribution >= 0.6 is 23.8 Å². The molecule has 3 N–H and O–H groups in total. The fourth-order valence-corrected chi connectivity index (χ4v) is 3.41. The van der Waals surface area contributed by atoms with E-state index in [4.69, 9.17) is 23.8 Å². The van der Waals surface area contributed by atoms with Gasteiger partial charge in [-0.25, -0.2) is 0 Å². The van der Waals surface area contributed by atoms with E-state index < -0.39 is 0 Å². The van der Waals surface area contributed by atoms with Gasteiger partial charge in [-0.3, -0.25) is 9.59 Å². The third-order valence-electron chi connectivity index (χ3n) is 4.42. The standard InChI is InChI=1S/C19H26ClN3O2S/c1-2-3-9-17(24)23-19(26)22-14-10-11-16(20)15(12-14)18(25)21-13-7-5-4-6-8-13/h10-13H,2-9H2,1H3,(H,21,25)(H2,22,23,24,26). The normalized spacial score (nSPS) is 14.5. The third-order valence-corrected chi connectivity index (χ3v) is 4.95. The Morgan fingerprint density at radius 1 is 1.23 bits per heavy atom. The van der Waals surface area contributed by atoms with Gasteiger partial charge < -0.3 is 16.0 Å². The summed E-state index contributed by atoms with van der Waals surface area (Å²) in [6, 6.07) is 5.25. The Morgan fingerprint density at radius 2 is 1.96 bits per heavy atom. The van der Waals surface area contributed by atoms with Gasteiger partial charge in [0.05, 0.1) is 10.6 Å². The lowest BCUT2D eigenvalue weighted by Gasteiger charge is -2.23. The van der Waals surface area contributed by atoms with Crippen molar-refractivity contribution >= 4 is 46.4 Å². The van der Waals surface area contributed by atoms with Gasteiger partial charge in [0, 0.05) is 18.2 Å². The highest BCUT2D eigenvalue weighted by Crippen LogP contribution is 2.22. The quantitative estimate of drug-likeness (QED) is 0.624. The van der Waals surface area contributed by atoms with Gasteiger partial charge >= 0.3 is 0 Å². The molecule has 142 valence electrons. The second kappa shape index (κ2) is 10.5. The largest absolute Gasteiger partial charge is 0.349 e. The van der Waals surface area contributed by atoms with Crippen LogP contribution in [0.25, 0.3) is 0 Å². The summed E-state index contributed by atoms with van der Waals surface area (Å²) in [5.41, 5.74) is 1.02. The maximum absolute atomic E-state index is 12.5. The number of anilines is 1. The summed E-state index contributed by atoms with van der Waals surface area (Å²) >= 11 is 11.4. The monoisotopic (exact) mass is 395 g/mol. The highest BCUT2D eigenvalue weighted by atomic mass is 35.5. The van der Waals surface area contributed by atoms with Crippen molar-refractivity contribution in [3.05, 3.63) is 28.8 Å². The zero-order valence-electron chi connectivity index (χ0n) is 15.1. The average Bonchev–Trinajstić information content (AvgIpc) is 2.62. The van der Waals surface area contributed by atoms with E-state index in [2.05, 4.69) is 16.0 Å². The Hall–Kier alpha value is -1.66. The molecule has 1 fully saturated rings. The number of carbonyl (C=O) groups is 2. The van der Waals surface area contributed by atoms with Gasteiger partial charge in [0.25, 0.3) is 5.91 Å². The predicted octanol–water partition coefficient (Wildman–Crippen LogP) is 4.41. The van der Waals surface area contributed by atoms with Crippen molar-refractivity contribution in [2.45, 2.75) is 64.3 Å². The summed E-state index contributed by atoms with van der Waals surface area (Å²) in [7, 11) is 0. The smallest absolute Gasteiger partial charge is 0.253 e. The first-order chi connectivity index (χ1) is 12.5. The van der Waals surface area contributed by atoms with E-state index in [-0.39, 0.29) is 23.0 Å². The number of hydrogen-bond acceptors (Lipinski definition) is 3. The molecule has 2 rings (SSSR count). The van der Waals surface area contributed by atoms with Gasteiger partial charge in [0.2, 0.25) is 5.91 Å². The van der Waals surface area contributed by atoms with Gasteiger partial charge in [0.1, 0.15) is 0 Å². The number of halogens is 1. The SMILES string of the molecule is CCCCC(=O)NC(=S)Nc1ccc(Cl)c(C(=O)NC2CCCCC2)c1. The van der Waals surface area contributed by atoms with Crippen LogP contribution in [-0.4, -0.2) is 23.0 Å². The molecular formula is C19H26ClN3O2S. The summed E-state index contributed by atoms with van der Waals surface area (Å²) in [6.45, 7) is 2.03. The lowest BCUT2D eigenvalue weighted by molar-refractivity contribution is -0.119. The van der Waals surface area contributed by atoms with Crippen LogP contribution in [0.2, 0.25) is 5.02 Å². The van der Waals surface area contributed by atoms with Crippen molar-refractivity contribution in [1.82, 2.24) is 10.6 Å². The van der Waals surface area contributed by atoms with Gasteiger partial charge in [-0.1, -0.05) is 44.2 Å². The Balaban J connectivity index is 1.96. The summed E-state index contributed by atoms with van der Waals surface area (Å²) < 4.78 is 0. The third kappa shape index (κ3) is 6.57. The van der Waals surface area contributed by atoms with Crippen LogP contribution < -0.4 is 16.0 Å². The maximum atomic E-state index is 12.5.